The van der Waals surface area contributed by atoms with Crippen LogP contribution >= 0.6 is 12.2 Å². The van der Waals surface area contributed by atoms with Crippen molar-refractivity contribution in [3.05, 3.63) is 76.1 Å². The summed E-state index contributed by atoms with van der Waals surface area (Å²) < 4.78 is 11.5. The van der Waals surface area contributed by atoms with Gasteiger partial charge in [0.2, 0.25) is 0 Å². The van der Waals surface area contributed by atoms with E-state index in [9.17, 15) is 4.79 Å². The normalized spacial score (nSPS) is 16.5. The van der Waals surface area contributed by atoms with Gasteiger partial charge in [-0.1, -0.05) is 30.3 Å². The molecule has 7 heteroatoms. The van der Waals surface area contributed by atoms with Crippen molar-refractivity contribution < 1.29 is 9.47 Å². The topological polar surface area (TPSA) is 66.6 Å². The molecule has 0 aliphatic carbocycles. The van der Waals surface area contributed by atoms with Crippen LogP contribution in [0.25, 0.3) is 10.9 Å². The molecule has 0 spiro atoms. The summed E-state index contributed by atoms with van der Waals surface area (Å²) >= 11 is 5.81. The lowest BCUT2D eigenvalue weighted by molar-refractivity contribution is 0.0895. The third-order valence-corrected chi connectivity index (χ3v) is 6.32. The highest BCUT2D eigenvalue weighted by molar-refractivity contribution is 7.80. The number of benzene rings is 2. The van der Waals surface area contributed by atoms with Crippen LogP contribution in [0.2, 0.25) is 0 Å². The van der Waals surface area contributed by atoms with Gasteiger partial charge in [0.15, 0.2) is 5.11 Å². The van der Waals surface area contributed by atoms with Gasteiger partial charge in [-0.05, 0) is 68.7 Å². The summed E-state index contributed by atoms with van der Waals surface area (Å²) in [6, 6.07) is 17.9. The summed E-state index contributed by atoms with van der Waals surface area (Å²) in [5.74, 6) is 0.785. The molecule has 174 valence electrons. The first-order chi connectivity index (χ1) is 16.0. The number of aromatic nitrogens is 1. The van der Waals surface area contributed by atoms with Gasteiger partial charge in [-0.15, -0.1) is 0 Å². The zero-order valence-electron chi connectivity index (χ0n) is 19.2. The van der Waals surface area contributed by atoms with E-state index in [1.165, 1.54) is 0 Å². The highest BCUT2D eigenvalue weighted by atomic mass is 32.1. The fraction of sp³-hybridized carbons (Fsp3) is 0.385. The number of nitrogens with one attached hydrogen (secondary N) is 2. The molecule has 2 heterocycles. The molecule has 2 atom stereocenters. The first-order valence-electron chi connectivity index (χ1n) is 11.5. The van der Waals surface area contributed by atoms with Gasteiger partial charge in [0.05, 0.1) is 25.3 Å². The minimum absolute atomic E-state index is 0.0503. The average molecular weight is 466 g/mol. The van der Waals surface area contributed by atoms with Crippen LogP contribution in [0, 0.1) is 0 Å². The molecule has 0 saturated carbocycles. The molecule has 1 aromatic heterocycles. The van der Waals surface area contributed by atoms with Crippen molar-refractivity contribution in [3.8, 4) is 5.75 Å². The molecular weight excluding hydrogens is 434 g/mol. The molecule has 0 unspecified atom stereocenters. The lowest BCUT2D eigenvalue weighted by atomic mass is 10.1. The maximum absolute atomic E-state index is 12.9. The maximum atomic E-state index is 12.9. The third kappa shape index (κ3) is 5.92. The minimum Gasteiger partial charge on any atom is -0.494 e. The standard InChI is InChI=1S/C26H31N3O3S/c1-3-31-22-11-12-24-20(15-22)14-21(25(30)28-24)16-29(17-23-10-7-13-32-23)26(33)27-18(2)19-8-5-4-6-9-19/h4-6,8-9,11-12,14-15,18,23H,3,7,10,13,16-17H2,1-2H3,(H,27,33)(H,28,30)/t18-,23-/m1/s1. The lowest BCUT2D eigenvalue weighted by Gasteiger charge is -2.30. The number of pyridine rings is 1. The second-order valence-corrected chi connectivity index (χ2v) is 8.79. The van der Waals surface area contributed by atoms with Crippen LogP contribution in [0.5, 0.6) is 5.75 Å². The Hall–Kier alpha value is -2.90. The van der Waals surface area contributed by atoms with E-state index in [0.717, 1.165) is 41.7 Å². The van der Waals surface area contributed by atoms with Crippen LogP contribution in [0.1, 0.15) is 43.9 Å². The molecule has 1 aliphatic heterocycles. The number of fused-ring (bicyclic) bond motifs is 1. The highest BCUT2D eigenvalue weighted by Gasteiger charge is 2.23. The van der Waals surface area contributed by atoms with Gasteiger partial charge >= 0.3 is 0 Å². The number of nitrogens with zero attached hydrogens (tertiary/aromatic N) is 1. The molecule has 0 amide bonds. The molecular formula is C26H31N3O3S. The van der Waals surface area contributed by atoms with Crippen LogP contribution in [0.3, 0.4) is 0 Å². The first-order valence-corrected chi connectivity index (χ1v) is 11.9. The minimum atomic E-state index is -0.108. The average Bonchev–Trinajstić information content (AvgIpc) is 3.33. The predicted octanol–water partition coefficient (Wildman–Crippen LogP) is 4.54. The van der Waals surface area contributed by atoms with Crippen molar-refractivity contribution in [2.24, 2.45) is 0 Å². The van der Waals surface area contributed by atoms with Crippen LogP contribution in [0.15, 0.2) is 59.4 Å². The summed E-state index contributed by atoms with van der Waals surface area (Å²) in [5.41, 5.74) is 2.49. The van der Waals surface area contributed by atoms with E-state index >= 15 is 0 Å². The van der Waals surface area contributed by atoms with Gasteiger partial charge in [-0.3, -0.25) is 4.79 Å². The van der Waals surface area contributed by atoms with Crippen molar-refractivity contribution in [2.45, 2.75) is 45.4 Å². The quantitative estimate of drug-likeness (QED) is 0.476. The van der Waals surface area contributed by atoms with Crippen LogP contribution in [-0.4, -0.2) is 40.9 Å². The zero-order valence-corrected chi connectivity index (χ0v) is 20.0. The molecule has 2 N–H and O–H groups in total. The van der Waals surface area contributed by atoms with E-state index in [4.69, 9.17) is 21.7 Å². The van der Waals surface area contributed by atoms with Gasteiger partial charge in [0.25, 0.3) is 5.56 Å². The Morgan fingerprint density at radius 2 is 2.09 bits per heavy atom. The summed E-state index contributed by atoms with van der Waals surface area (Å²) in [6.07, 6.45) is 2.16. The molecule has 33 heavy (non-hydrogen) atoms. The number of H-pyrrole nitrogens is 1. The Bertz CT molecular complexity index is 1140. The van der Waals surface area contributed by atoms with E-state index in [-0.39, 0.29) is 17.7 Å². The third-order valence-electron chi connectivity index (χ3n) is 5.94. The fourth-order valence-corrected chi connectivity index (χ4v) is 4.48. The Kier molecular flexibility index (Phi) is 7.62. The summed E-state index contributed by atoms with van der Waals surface area (Å²) in [7, 11) is 0. The van der Waals surface area contributed by atoms with E-state index in [2.05, 4.69) is 29.4 Å². The van der Waals surface area contributed by atoms with Crippen molar-refractivity contribution >= 4 is 28.2 Å². The van der Waals surface area contributed by atoms with Crippen LogP contribution in [-0.2, 0) is 11.3 Å². The number of rotatable bonds is 8. The first kappa shape index (κ1) is 23.3. The predicted molar refractivity (Wildman–Crippen MR) is 136 cm³/mol. The molecule has 1 aliphatic rings. The summed E-state index contributed by atoms with van der Waals surface area (Å²) in [6.45, 7) is 6.45. The smallest absolute Gasteiger partial charge is 0.253 e. The van der Waals surface area contributed by atoms with E-state index in [1.54, 1.807) is 0 Å². The Morgan fingerprint density at radius 1 is 1.27 bits per heavy atom. The molecule has 0 bridgehead atoms. The maximum Gasteiger partial charge on any atom is 0.253 e. The van der Waals surface area contributed by atoms with Crippen molar-refractivity contribution in [3.63, 3.8) is 0 Å². The molecule has 6 nitrogen and oxygen atoms in total. The SMILES string of the molecule is CCOc1ccc2[nH]c(=O)c(CN(C[C@H]3CCCO3)C(=S)N[C@H](C)c3ccccc3)cc2c1. The number of hydrogen-bond donors (Lipinski definition) is 2. The molecule has 2 aromatic carbocycles. The molecule has 0 radical (unpaired) electrons. The molecule has 3 aromatic rings. The van der Waals surface area contributed by atoms with Crippen molar-refractivity contribution in [2.75, 3.05) is 19.8 Å². The number of thiocarbonyl (C=S) groups is 1. The number of hydrogen-bond acceptors (Lipinski definition) is 4. The lowest BCUT2D eigenvalue weighted by Crippen LogP contribution is -2.44. The van der Waals surface area contributed by atoms with Gasteiger partial charge in [-0.2, -0.15) is 0 Å². The summed E-state index contributed by atoms with van der Waals surface area (Å²) in [5, 5.41) is 4.99. The summed E-state index contributed by atoms with van der Waals surface area (Å²) in [4.78, 5) is 17.9. The Balaban J connectivity index is 1.57. The fourth-order valence-electron chi connectivity index (χ4n) is 4.16. The largest absolute Gasteiger partial charge is 0.494 e. The zero-order chi connectivity index (χ0) is 23.2. The second-order valence-electron chi connectivity index (χ2n) is 8.40. The molecule has 4 rings (SSSR count). The van der Waals surface area contributed by atoms with Gasteiger partial charge in [-0.25, -0.2) is 0 Å². The van der Waals surface area contributed by atoms with Crippen molar-refractivity contribution in [1.29, 1.82) is 0 Å². The van der Waals surface area contributed by atoms with Gasteiger partial charge < -0.3 is 24.7 Å². The van der Waals surface area contributed by atoms with Crippen LogP contribution < -0.4 is 15.6 Å². The van der Waals surface area contributed by atoms with E-state index < -0.39 is 0 Å². The monoisotopic (exact) mass is 465 g/mol. The van der Waals surface area contributed by atoms with Gasteiger partial charge in [0.1, 0.15) is 5.75 Å². The Morgan fingerprint density at radius 3 is 2.82 bits per heavy atom. The van der Waals surface area contributed by atoms with E-state index in [0.29, 0.717) is 30.4 Å². The van der Waals surface area contributed by atoms with Crippen molar-refractivity contribution in [1.82, 2.24) is 15.2 Å². The van der Waals surface area contributed by atoms with E-state index in [1.807, 2.05) is 54.3 Å². The van der Waals surface area contributed by atoms with Crippen LogP contribution in [0.4, 0.5) is 0 Å². The number of ether oxygens (including phenoxy) is 2. The Labute approximate surface area is 199 Å². The molecule has 1 saturated heterocycles. The highest BCUT2D eigenvalue weighted by Crippen LogP contribution is 2.21. The van der Waals surface area contributed by atoms with Gasteiger partial charge in [0, 0.05) is 29.6 Å². The second kappa shape index (κ2) is 10.8. The molecule has 1 fully saturated rings. The number of aromatic amines is 1.